The van der Waals surface area contributed by atoms with E-state index in [9.17, 15) is 9.59 Å². The third kappa shape index (κ3) is 5.25. The molecular weight excluding hydrogens is 388 g/mol. The summed E-state index contributed by atoms with van der Waals surface area (Å²) in [5, 5.41) is 0.308. The van der Waals surface area contributed by atoms with Crippen LogP contribution < -0.4 is 0 Å². The average Bonchev–Trinajstić information content (AvgIpc) is 2.77. The Bertz CT molecular complexity index is 1060. The number of hydrogen-bond acceptors (Lipinski definition) is 4. The van der Waals surface area contributed by atoms with E-state index in [4.69, 9.17) is 21.1 Å². The van der Waals surface area contributed by atoms with Crippen LogP contribution in [0.2, 0.25) is 5.02 Å². The van der Waals surface area contributed by atoms with Crippen LogP contribution in [0.3, 0.4) is 0 Å². The van der Waals surface area contributed by atoms with Gasteiger partial charge in [0.15, 0.2) is 0 Å². The van der Waals surface area contributed by atoms with Crippen LogP contribution in [-0.4, -0.2) is 19.0 Å². The molecule has 1 atom stereocenters. The Morgan fingerprint density at radius 2 is 1.41 bits per heavy atom. The van der Waals surface area contributed by atoms with Crippen molar-refractivity contribution in [2.24, 2.45) is 0 Å². The van der Waals surface area contributed by atoms with E-state index in [1.807, 2.05) is 30.3 Å². The van der Waals surface area contributed by atoms with E-state index in [-0.39, 0.29) is 5.56 Å². The number of rotatable bonds is 4. The molecule has 3 rings (SSSR count). The standard InChI is InChI=1S/C24H17ClO4/c1-28-24(27)22(20-9-5-6-10-21(20)25)29-23(26)19-15-13-18(14-16-19)12-11-17-7-3-2-4-8-17/h2-10,13-16,22H,1H3. The second-order valence-electron chi connectivity index (χ2n) is 6.02. The van der Waals surface area contributed by atoms with Crippen LogP contribution in [0.4, 0.5) is 0 Å². The SMILES string of the molecule is COC(=O)C(OC(=O)c1ccc(C#Cc2ccccc2)cc1)c1ccccc1Cl. The minimum absolute atomic E-state index is 0.288. The smallest absolute Gasteiger partial charge is 0.352 e. The molecule has 0 saturated heterocycles. The molecule has 0 fully saturated rings. The molecular formula is C24H17ClO4. The molecule has 3 aromatic carbocycles. The van der Waals surface area contributed by atoms with Gasteiger partial charge < -0.3 is 9.47 Å². The van der Waals surface area contributed by atoms with Crippen LogP contribution in [0.25, 0.3) is 0 Å². The van der Waals surface area contributed by atoms with Crippen molar-refractivity contribution in [1.82, 2.24) is 0 Å². The molecule has 0 aromatic heterocycles. The highest BCUT2D eigenvalue weighted by Gasteiger charge is 2.28. The minimum atomic E-state index is -1.25. The van der Waals surface area contributed by atoms with Gasteiger partial charge in [-0.2, -0.15) is 0 Å². The van der Waals surface area contributed by atoms with Crippen molar-refractivity contribution in [3.8, 4) is 11.8 Å². The lowest BCUT2D eigenvalue weighted by atomic mass is 10.1. The number of methoxy groups -OCH3 is 1. The Kier molecular flexibility index (Phi) is 6.67. The fourth-order valence-electron chi connectivity index (χ4n) is 2.56. The van der Waals surface area contributed by atoms with Crippen LogP contribution in [-0.2, 0) is 14.3 Å². The van der Waals surface area contributed by atoms with E-state index in [1.54, 1.807) is 48.5 Å². The van der Waals surface area contributed by atoms with Crippen molar-refractivity contribution in [3.63, 3.8) is 0 Å². The summed E-state index contributed by atoms with van der Waals surface area (Å²) in [6.07, 6.45) is -1.25. The summed E-state index contributed by atoms with van der Waals surface area (Å²) in [4.78, 5) is 24.7. The maximum atomic E-state index is 12.5. The number of hydrogen-bond donors (Lipinski definition) is 0. The Morgan fingerprint density at radius 3 is 2.03 bits per heavy atom. The first kappa shape index (κ1) is 20.2. The lowest BCUT2D eigenvalue weighted by Crippen LogP contribution is -2.21. The fourth-order valence-corrected chi connectivity index (χ4v) is 2.80. The molecule has 0 heterocycles. The van der Waals surface area contributed by atoms with E-state index < -0.39 is 18.0 Å². The van der Waals surface area contributed by atoms with Gasteiger partial charge in [0.2, 0.25) is 6.10 Å². The van der Waals surface area contributed by atoms with E-state index in [2.05, 4.69) is 11.8 Å². The first-order valence-corrected chi connectivity index (χ1v) is 9.16. The number of esters is 2. The molecule has 0 aliphatic heterocycles. The van der Waals surface area contributed by atoms with Gasteiger partial charge >= 0.3 is 11.9 Å². The van der Waals surface area contributed by atoms with Gasteiger partial charge in [0.05, 0.1) is 12.7 Å². The van der Waals surface area contributed by atoms with Crippen molar-refractivity contribution in [2.75, 3.05) is 7.11 Å². The Hall–Kier alpha value is -3.55. The molecule has 0 bridgehead atoms. The highest BCUT2D eigenvalue weighted by atomic mass is 35.5. The van der Waals surface area contributed by atoms with E-state index in [0.717, 1.165) is 11.1 Å². The van der Waals surface area contributed by atoms with Crippen molar-refractivity contribution >= 4 is 23.5 Å². The highest BCUT2D eigenvalue weighted by molar-refractivity contribution is 6.31. The number of halogens is 1. The van der Waals surface area contributed by atoms with E-state index >= 15 is 0 Å². The van der Waals surface area contributed by atoms with Gasteiger partial charge in [-0.3, -0.25) is 0 Å². The summed E-state index contributed by atoms with van der Waals surface area (Å²) in [6.45, 7) is 0. The second kappa shape index (κ2) is 9.59. The number of carbonyl (C=O) groups excluding carboxylic acids is 2. The fraction of sp³-hybridized carbons (Fsp3) is 0.0833. The van der Waals surface area contributed by atoms with Crippen molar-refractivity contribution in [1.29, 1.82) is 0 Å². The zero-order valence-electron chi connectivity index (χ0n) is 15.6. The van der Waals surface area contributed by atoms with Crippen LogP contribution >= 0.6 is 11.6 Å². The third-order valence-electron chi connectivity index (χ3n) is 4.07. The molecule has 0 radical (unpaired) electrons. The van der Waals surface area contributed by atoms with Crippen LogP contribution in [0.1, 0.15) is 33.2 Å². The van der Waals surface area contributed by atoms with Crippen molar-refractivity contribution in [2.45, 2.75) is 6.10 Å². The number of ether oxygens (including phenoxy) is 2. The molecule has 4 nitrogen and oxygen atoms in total. The van der Waals surface area contributed by atoms with Gasteiger partial charge in [-0.05, 0) is 42.5 Å². The van der Waals surface area contributed by atoms with Crippen LogP contribution in [0, 0.1) is 11.8 Å². The predicted molar refractivity (Wildman–Crippen MR) is 110 cm³/mol. The van der Waals surface area contributed by atoms with Gasteiger partial charge in [-0.15, -0.1) is 0 Å². The molecule has 5 heteroatoms. The molecule has 1 unspecified atom stereocenters. The average molecular weight is 405 g/mol. The predicted octanol–water partition coefficient (Wildman–Crippen LogP) is 4.81. The number of carbonyl (C=O) groups is 2. The molecule has 3 aromatic rings. The second-order valence-corrected chi connectivity index (χ2v) is 6.43. The highest BCUT2D eigenvalue weighted by Crippen LogP contribution is 2.27. The van der Waals surface area contributed by atoms with Crippen molar-refractivity contribution < 1.29 is 19.1 Å². The first-order valence-electron chi connectivity index (χ1n) is 8.79. The Morgan fingerprint density at radius 1 is 0.828 bits per heavy atom. The van der Waals surface area contributed by atoms with Crippen LogP contribution in [0.5, 0.6) is 0 Å². The topological polar surface area (TPSA) is 52.6 Å². The zero-order valence-corrected chi connectivity index (χ0v) is 16.3. The normalized spacial score (nSPS) is 11.0. The maximum Gasteiger partial charge on any atom is 0.352 e. The summed E-state index contributed by atoms with van der Waals surface area (Å²) in [7, 11) is 1.22. The zero-order chi connectivity index (χ0) is 20.6. The van der Waals surface area contributed by atoms with E-state index in [1.165, 1.54) is 7.11 Å². The maximum absolute atomic E-state index is 12.5. The van der Waals surface area contributed by atoms with Gasteiger partial charge in [-0.25, -0.2) is 9.59 Å². The first-order chi connectivity index (χ1) is 14.1. The monoisotopic (exact) mass is 404 g/mol. The van der Waals surface area contributed by atoms with Gasteiger partial charge in [-0.1, -0.05) is 59.8 Å². The minimum Gasteiger partial charge on any atom is -0.466 e. The molecule has 0 aliphatic carbocycles. The molecule has 0 saturated carbocycles. The van der Waals surface area contributed by atoms with Crippen molar-refractivity contribution in [3.05, 3.63) is 106 Å². The lowest BCUT2D eigenvalue weighted by molar-refractivity contribution is -0.151. The summed E-state index contributed by atoms with van der Waals surface area (Å²) in [6, 6.07) is 22.9. The summed E-state index contributed by atoms with van der Waals surface area (Å²) >= 11 is 6.14. The summed E-state index contributed by atoms with van der Waals surface area (Å²) in [5.74, 6) is 4.71. The van der Waals surface area contributed by atoms with Gasteiger partial charge in [0.1, 0.15) is 0 Å². The third-order valence-corrected chi connectivity index (χ3v) is 4.42. The molecule has 29 heavy (non-hydrogen) atoms. The Balaban J connectivity index is 1.76. The lowest BCUT2D eigenvalue weighted by Gasteiger charge is -2.17. The number of benzene rings is 3. The molecule has 0 N–H and O–H groups in total. The summed E-state index contributed by atoms with van der Waals surface area (Å²) in [5.41, 5.74) is 2.30. The largest absolute Gasteiger partial charge is 0.466 e. The summed E-state index contributed by atoms with van der Waals surface area (Å²) < 4.78 is 10.1. The molecule has 144 valence electrons. The molecule has 0 amide bonds. The van der Waals surface area contributed by atoms with E-state index in [0.29, 0.717) is 10.6 Å². The van der Waals surface area contributed by atoms with Crippen LogP contribution in [0.15, 0.2) is 78.9 Å². The molecule has 0 spiro atoms. The Labute approximate surface area is 174 Å². The van der Waals surface area contributed by atoms with Gasteiger partial charge in [0.25, 0.3) is 0 Å². The molecule has 0 aliphatic rings. The quantitative estimate of drug-likeness (QED) is 0.462. The van der Waals surface area contributed by atoms with Gasteiger partial charge in [0, 0.05) is 21.7 Å².